The first kappa shape index (κ1) is 24.3. The van der Waals surface area contributed by atoms with Crippen LogP contribution in [-0.4, -0.2) is 23.5 Å². The van der Waals surface area contributed by atoms with Gasteiger partial charge in [-0.3, -0.25) is 4.98 Å². The lowest BCUT2D eigenvalue weighted by Gasteiger charge is -2.15. The van der Waals surface area contributed by atoms with Crippen LogP contribution in [0.2, 0.25) is 0 Å². The van der Waals surface area contributed by atoms with E-state index in [0.29, 0.717) is 22.2 Å². The van der Waals surface area contributed by atoms with Crippen molar-refractivity contribution in [2.75, 3.05) is 0 Å². The Balaban J connectivity index is 1.92. The standard InChI is InChI=1S/C28H19F3N2O3S/c1-3-20-21(4-2)27-22-14-13-18(23-12-8-9-15-32-23)16-24(22)33(19-10-6-5-7-11-19)25(27)17-26(20)36-37(34,35)28(29,30)31/h3-17H,1-2H2. The number of benzene rings is 3. The van der Waals surface area contributed by atoms with E-state index in [1.165, 1.54) is 18.2 Å². The highest BCUT2D eigenvalue weighted by molar-refractivity contribution is 7.88. The molecule has 0 N–H and O–H groups in total. The zero-order valence-electron chi connectivity index (χ0n) is 19.2. The highest BCUT2D eigenvalue weighted by Crippen LogP contribution is 2.42. The number of fused-ring (bicyclic) bond motifs is 3. The van der Waals surface area contributed by atoms with Crippen molar-refractivity contribution < 1.29 is 25.8 Å². The second-order valence-electron chi connectivity index (χ2n) is 8.11. The molecule has 3 aromatic carbocycles. The van der Waals surface area contributed by atoms with Gasteiger partial charge >= 0.3 is 15.6 Å². The Morgan fingerprint density at radius 1 is 0.865 bits per heavy atom. The van der Waals surface area contributed by atoms with Crippen LogP contribution in [0.3, 0.4) is 0 Å². The first-order valence-electron chi connectivity index (χ1n) is 11.0. The second kappa shape index (κ2) is 8.94. The summed E-state index contributed by atoms with van der Waals surface area (Å²) in [4.78, 5) is 4.42. The van der Waals surface area contributed by atoms with E-state index < -0.39 is 21.4 Å². The molecule has 0 unspecified atom stereocenters. The van der Waals surface area contributed by atoms with Crippen molar-refractivity contribution in [2.45, 2.75) is 5.51 Å². The average Bonchev–Trinajstić information content (AvgIpc) is 3.21. The van der Waals surface area contributed by atoms with E-state index in [9.17, 15) is 21.6 Å². The van der Waals surface area contributed by atoms with E-state index in [-0.39, 0.29) is 5.56 Å². The molecular weight excluding hydrogens is 501 g/mol. The summed E-state index contributed by atoms with van der Waals surface area (Å²) < 4.78 is 69.9. The van der Waals surface area contributed by atoms with Gasteiger partial charge in [0.05, 0.1) is 16.7 Å². The van der Waals surface area contributed by atoms with Crippen molar-refractivity contribution in [3.8, 4) is 22.7 Å². The zero-order chi connectivity index (χ0) is 26.4. The molecule has 0 amide bonds. The topological polar surface area (TPSA) is 61.2 Å². The molecule has 0 radical (unpaired) electrons. The summed E-state index contributed by atoms with van der Waals surface area (Å²) in [6, 6.07) is 21.7. The molecule has 5 rings (SSSR count). The molecule has 0 bridgehead atoms. The van der Waals surface area contributed by atoms with Crippen LogP contribution in [0.1, 0.15) is 11.1 Å². The monoisotopic (exact) mass is 520 g/mol. The third kappa shape index (κ3) is 4.07. The molecule has 0 aliphatic heterocycles. The molecule has 37 heavy (non-hydrogen) atoms. The van der Waals surface area contributed by atoms with Gasteiger partial charge in [-0.15, -0.1) is 0 Å². The van der Waals surface area contributed by atoms with E-state index in [2.05, 4.69) is 22.3 Å². The van der Waals surface area contributed by atoms with Gasteiger partial charge in [0.25, 0.3) is 0 Å². The minimum Gasteiger partial charge on any atom is -0.375 e. The van der Waals surface area contributed by atoms with Gasteiger partial charge in [-0.2, -0.15) is 21.6 Å². The van der Waals surface area contributed by atoms with Crippen molar-refractivity contribution in [3.63, 3.8) is 0 Å². The Hall–Kier alpha value is -4.37. The quantitative estimate of drug-likeness (QED) is 0.173. The highest BCUT2D eigenvalue weighted by atomic mass is 32.2. The van der Waals surface area contributed by atoms with Crippen LogP contribution in [0.15, 0.2) is 92.2 Å². The van der Waals surface area contributed by atoms with Crippen molar-refractivity contribution in [3.05, 3.63) is 103 Å². The maximum atomic E-state index is 13.2. The summed E-state index contributed by atoms with van der Waals surface area (Å²) in [7, 11) is -5.93. The normalized spacial score (nSPS) is 12.1. The van der Waals surface area contributed by atoms with Crippen molar-refractivity contribution in [2.24, 2.45) is 0 Å². The van der Waals surface area contributed by atoms with E-state index in [1.54, 1.807) is 6.20 Å². The predicted molar refractivity (Wildman–Crippen MR) is 140 cm³/mol. The molecule has 2 aromatic heterocycles. The number of aromatic nitrogens is 2. The Morgan fingerprint density at radius 3 is 2.19 bits per heavy atom. The van der Waals surface area contributed by atoms with Gasteiger partial charge < -0.3 is 8.75 Å². The minimum atomic E-state index is -5.93. The lowest BCUT2D eigenvalue weighted by molar-refractivity contribution is -0.0500. The van der Waals surface area contributed by atoms with Crippen molar-refractivity contribution in [1.29, 1.82) is 0 Å². The number of hydrogen-bond donors (Lipinski definition) is 0. The lowest BCUT2D eigenvalue weighted by Crippen LogP contribution is -2.28. The lowest BCUT2D eigenvalue weighted by atomic mass is 9.98. The fraction of sp³-hybridized carbons (Fsp3) is 0.0357. The van der Waals surface area contributed by atoms with Crippen LogP contribution in [0.25, 0.3) is 50.9 Å². The van der Waals surface area contributed by atoms with E-state index in [0.717, 1.165) is 22.2 Å². The SMILES string of the molecule is C=Cc1c(OS(=O)(=O)C(F)(F)F)cc2c(c1C=C)c1ccc(-c3ccccn3)cc1n2-c1ccccc1. The molecule has 0 saturated heterocycles. The van der Waals surface area contributed by atoms with E-state index in [4.69, 9.17) is 0 Å². The summed E-state index contributed by atoms with van der Waals surface area (Å²) >= 11 is 0. The molecule has 0 aliphatic carbocycles. The number of hydrogen-bond acceptors (Lipinski definition) is 4. The van der Waals surface area contributed by atoms with Gasteiger partial charge in [0, 0.05) is 39.8 Å². The van der Waals surface area contributed by atoms with Crippen molar-refractivity contribution in [1.82, 2.24) is 9.55 Å². The van der Waals surface area contributed by atoms with Crippen LogP contribution in [0, 0.1) is 0 Å². The molecular formula is C28H19F3N2O3S. The Morgan fingerprint density at radius 2 is 1.57 bits per heavy atom. The van der Waals surface area contributed by atoms with Crippen LogP contribution in [-0.2, 0) is 10.1 Å². The summed E-state index contributed by atoms with van der Waals surface area (Å²) in [5, 5.41) is 1.44. The first-order valence-corrected chi connectivity index (χ1v) is 12.4. The van der Waals surface area contributed by atoms with Crippen LogP contribution in [0.4, 0.5) is 13.2 Å². The van der Waals surface area contributed by atoms with Crippen molar-refractivity contribution >= 4 is 44.1 Å². The molecule has 0 saturated carbocycles. The van der Waals surface area contributed by atoms with Crippen LogP contribution in [0.5, 0.6) is 5.75 Å². The van der Waals surface area contributed by atoms with E-state index in [1.807, 2.05) is 71.3 Å². The van der Waals surface area contributed by atoms with Gasteiger partial charge in [-0.05, 0) is 35.9 Å². The average molecular weight is 521 g/mol. The first-order chi connectivity index (χ1) is 17.7. The maximum Gasteiger partial charge on any atom is 0.534 e. The molecule has 5 aromatic rings. The fourth-order valence-electron chi connectivity index (χ4n) is 4.40. The molecule has 0 aliphatic rings. The highest BCUT2D eigenvalue weighted by Gasteiger charge is 2.49. The smallest absolute Gasteiger partial charge is 0.375 e. The number of rotatable bonds is 6. The summed E-state index contributed by atoms with van der Waals surface area (Å²) in [5.41, 5.74) is -1.67. The Kier molecular flexibility index (Phi) is 5.88. The van der Waals surface area contributed by atoms with Crippen LogP contribution < -0.4 is 4.18 Å². The van der Waals surface area contributed by atoms with Gasteiger partial charge in [0.15, 0.2) is 5.75 Å². The van der Waals surface area contributed by atoms with Gasteiger partial charge in [0.1, 0.15) is 0 Å². The molecule has 0 fully saturated rings. The number of pyridine rings is 1. The predicted octanol–water partition coefficient (Wildman–Crippen LogP) is 7.36. The van der Waals surface area contributed by atoms with E-state index >= 15 is 0 Å². The largest absolute Gasteiger partial charge is 0.534 e. The van der Waals surface area contributed by atoms with Gasteiger partial charge in [0.2, 0.25) is 0 Å². The molecule has 0 spiro atoms. The Bertz CT molecular complexity index is 1780. The summed E-state index contributed by atoms with van der Waals surface area (Å²) in [6.07, 6.45) is 4.39. The summed E-state index contributed by atoms with van der Waals surface area (Å²) in [5.74, 6) is -0.500. The van der Waals surface area contributed by atoms with Crippen LogP contribution >= 0.6 is 0 Å². The van der Waals surface area contributed by atoms with Gasteiger partial charge in [-0.25, -0.2) is 0 Å². The molecule has 186 valence electrons. The Labute approximate surface area is 210 Å². The maximum absolute atomic E-state index is 13.2. The third-order valence-corrected chi connectivity index (χ3v) is 6.93. The number of nitrogens with zero attached hydrogens (tertiary/aromatic N) is 2. The van der Waals surface area contributed by atoms with Gasteiger partial charge in [-0.1, -0.05) is 61.7 Å². The minimum absolute atomic E-state index is 0.0799. The molecule has 0 atom stereocenters. The zero-order valence-corrected chi connectivity index (χ0v) is 20.1. The number of para-hydroxylation sites is 1. The number of halogens is 3. The number of alkyl halides is 3. The fourth-order valence-corrected chi connectivity index (χ4v) is 4.87. The molecule has 5 nitrogen and oxygen atoms in total. The summed E-state index contributed by atoms with van der Waals surface area (Å²) in [6.45, 7) is 7.51. The molecule has 2 heterocycles. The third-order valence-electron chi connectivity index (χ3n) is 5.96. The second-order valence-corrected chi connectivity index (χ2v) is 9.64. The molecule has 9 heteroatoms.